The number of nitrogens with zero attached hydrogens (tertiary/aromatic N) is 4. The van der Waals surface area contributed by atoms with Crippen molar-refractivity contribution in [2.45, 2.75) is 13.3 Å². The van der Waals surface area contributed by atoms with Gasteiger partial charge in [0.1, 0.15) is 12.1 Å². The van der Waals surface area contributed by atoms with Crippen molar-refractivity contribution in [3.05, 3.63) is 96.3 Å². The summed E-state index contributed by atoms with van der Waals surface area (Å²) in [6, 6.07) is 24.4. The maximum Gasteiger partial charge on any atom is 0.170 e. The number of carbonyl (C=O) groups excluding carboxylic acids is 1. The summed E-state index contributed by atoms with van der Waals surface area (Å²) >= 11 is 0. The van der Waals surface area contributed by atoms with Gasteiger partial charge < -0.3 is 10.4 Å². The number of benzene rings is 3. The molecule has 7 nitrogen and oxygen atoms in total. The molecule has 5 aromatic rings. The van der Waals surface area contributed by atoms with Crippen molar-refractivity contribution < 1.29 is 9.90 Å². The van der Waals surface area contributed by atoms with E-state index in [2.05, 4.69) is 10.3 Å². The van der Waals surface area contributed by atoms with E-state index >= 15 is 0 Å². The highest BCUT2D eigenvalue weighted by molar-refractivity contribution is 5.95. The predicted molar refractivity (Wildman–Crippen MR) is 132 cm³/mol. The van der Waals surface area contributed by atoms with Crippen molar-refractivity contribution in [3.8, 4) is 22.8 Å². The van der Waals surface area contributed by atoms with Gasteiger partial charge in [-0.3, -0.25) is 9.36 Å². The standard InChI is InChI=1S/C27H23N5O2/c1-18(33)20-6-5-7-21(16-20)25-30-26(28-15-14-19-10-12-23(34)13-11-19)24-27(31-25)32(17-29-24)22-8-3-2-4-9-22/h2-13,16-17,34H,14-15H2,1H3,(H,28,30,31). The maximum absolute atomic E-state index is 11.9. The number of anilines is 1. The van der Waals surface area contributed by atoms with Crippen molar-refractivity contribution in [1.29, 1.82) is 0 Å². The molecule has 0 unspecified atom stereocenters. The Morgan fingerprint density at radius 3 is 2.53 bits per heavy atom. The Balaban J connectivity index is 1.55. The SMILES string of the molecule is CC(=O)c1cccc(-c2nc(NCCc3ccc(O)cc3)c3ncn(-c4ccccc4)c3n2)c1. The zero-order valence-electron chi connectivity index (χ0n) is 18.6. The summed E-state index contributed by atoms with van der Waals surface area (Å²) in [6.07, 6.45) is 2.50. The molecule has 0 spiro atoms. The quantitative estimate of drug-likeness (QED) is 0.338. The van der Waals surface area contributed by atoms with Crippen molar-refractivity contribution in [3.63, 3.8) is 0 Å². The second-order valence-electron chi connectivity index (χ2n) is 8.00. The number of para-hydroxylation sites is 1. The van der Waals surface area contributed by atoms with Crippen LogP contribution in [0.2, 0.25) is 0 Å². The fourth-order valence-corrected chi connectivity index (χ4v) is 3.80. The fourth-order valence-electron chi connectivity index (χ4n) is 3.80. The first-order valence-electron chi connectivity index (χ1n) is 11.0. The third kappa shape index (κ3) is 4.36. The van der Waals surface area contributed by atoms with E-state index in [1.807, 2.05) is 65.2 Å². The van der Waals surface area contributed by atoms with Crippen LogP contribution in [0.1, 0.15) is 22.8 Å². The number of hydrogen-bond donors (Lipinski definition) is 2. The number of carbonyl (C=O) groups is 1. The van der Waals surface area contributed by atoms with Crippen LogP contribution in [0.3, 0.4) is 0 Å². The molecule has 2 heterocycles. The number of rotatable bonds is 7. The molecule has 0 radical (unpaired) electrons. The van der Waals surface area contributed by atoms with Crippen LogP contribution >= 0.6 is 0 Å². The van der Waals surface area contributed by atoms with Crippen LogP contribution in [0.5, 0.6) is 5.75 Å². The van der Waals surface area contributed by atoms with E-state index in [9.17, 15) is 9.90 Å². The van der Waals surface area contributed by atoms with Gasteiger partial charge in [0.25, 0.3) is 0 Å². The molecule has 0 aliphatic carbocycles. The third-order valence-corrected chi connectivity index (χ3v) is 5.60. The van der Waals surface area contributed by atoms with Gasteiger partial charge in [0.05, 0.1) is 0 Å². The van der Waals surface area contributed by atoms with E-state index in [-0.39, 0.29) is 11.5 Å². The molecule has 0 aliphatic rings. The van der Waals surface area contributed by atoms with Crippen LogP contribution < -0.4 is 5.32 Å². The van der Waals surface area contributed by atoms with Gasteiger partial charge in [0.15, 0.2) is 28.6 Å². The number of aromatic hydroxyl groups is 1. The molecule has 3 aromatic carbocycles. The number of Topliss-reactive ketones (excluding diaryl/α,β-unsaturated/α-hetero) is 1. The van der Waals surface area contributed by atoms with Gasteiger partial charge in [-0.15, -0.1) is 0 Å². The van der Waals surface area contributed by atoms with E-state index < -0.39 is 0 Å². The summed E-state index contributed by atoms with van der Waals surface area (Å²) in [5, 5.41) is 12.9. The lowest BCUT2D eigenvalue weighted by atomic mass is 10.1. The number of ketones is 1. The highest BCUT2D eigenvalue weighted by atomic mass is 16.3. The molecule has 0 saturated carbocycles. The summed E-state index contributed by atoms with van der Waals surface area (Å²) in [4.78, 5) is 26.1. The van der Waals surface area contributed by atoms with Gasteiger partial charge in [-0.25, -0.2) is 15.0 Å². The molecular formula is C27H23N5O2. The minimum atomic E-state index is -0.00972. The second-order valence-corrected chi connectivity index (χ2v) is 8.00. The minimum Gasteiger partial charge on any atom is -0.508 e. The van der Waals surface area contributed by atoms with Crippen molar-refractivity contribution >= 4 is 22.8 Å². The molecule has 2 N–H and O–H groups in total. The number of nitrogens with one attached hydrogen (secondary N) is 1. The van der Waals surface area contributed by atoms with Crippen LogP contribution in [0, 0.1) is 0 Å². The number of phenols is 1. The van der Waals surface area contributed by atoms with E-state index in [0.29, 0.717) is 34.9 Å². The van der Waals surface area contributed by atoms with Gasteiger partial charge in [-0.05, 0) is 49.2 Å². The summed E-state index contributed by atoms with van der Waals surface area (Å²) < 4.78 is 1.93. The Morgan fingerprint density at radius 1 is 0.971 bits per heavy atom. The van der Waals surface area contributed by atoms with Gasteiger partial charge >= 0.3 is 0 Å². The zero-order valence-corrected chi connectivity index (χ0v) is 18.6. The van der Waals surface area contributed by atoms with Crippen molar-refractivity contribution in [2.24, 2.45) is 0 Å². The zero-order chi connectivity index (χ0) is 23.5. The molecule has 34 heavy (non-hydrogen) atoms. The van der Waals surface area contributed by atoms with E-state index in [1.54, 1.807) is 31.5 Å². The molecule has 2 aromatic heterocycles. The second kappa shape index (κ2) is 9.15. The monoisotopic (exact) mass is 449 g/mol. The van der Waals surface area contributed by atoms with Crippen LogP contribution in [0.4, 0.5) is 5.82 Å². The molecule has 7 heteroatoms. The van der Waals surface area contributed by atoms with E-state index in [0.717, 1.165) is 23.2 Å². The average Bonchev–Trinajstić information content (AvgIpc) is 3.30. The summed E-state index contributed by atoms with van der Waals surface area (Å²) in [6.45, 7) is 2.17. The normalized spacial score (nSPS) is 11.0. The molecule has 0 bridgehead atoms. The smallest absolute Gasteiger partial charge is 0.170 e. The third-order valence-electron chi connectivity index (χ3n) is 5.60. The summed E-state index contributed by atoms with van der Waals surface area (Å²) in [5.41, 5.74) is 4.76. The number of aromatic nitrogens is 4. The highest BCUT2D eigenvalue weighted by Gasteiger charge is 2.16. The van der Waals surface area contributed by atoms with Gasteiger partial charge in [0.2, 0.25) is 0 Å². The predicted octanol–water partition coefficient (Wildman–Crippen LogP) is 5.05. The molecule has 0 saturated heterocycles. The first-order valence-corrected chi connectivity index (χ1v) is 11.0. The summed E-state index contributed by atoms with van der Waals surface area (Å²) in [5.74, 6) is 1.38. The number of imidazole rings is 1. The molecule has 0 atom stereocenters. The van der Waals surface area contributed by atoms with Gasteiger partial charge in [0, 0.05) is 23.4 Å². The molecule has 0 aliphatic heterocycles. The minimum absolute atomic E-state index is 0.00972. The highest BCUT2D eigenvalue weighted by Crippen LogP contribution is 2.27. The Hall–Kier alpha value is -4.52. The fraction of sp³-hybridized carbons (Fsp3) is 0.111. The first-order chi connectivity index (χ1) is 16.6. The Morgan fingerprint density at radius 2 is 1.76 bits per heavy atom. The number of phenolic OH excluding ortho intramolecular Hbond substituents is 1. The van der Waals surface area contributed by atoms with Crippen LogP contribution in [0.15, 0.2) is 85.2 Å². The van der Waals surface area contributed by atoms with E-state index in [1.165, 1.54) is 0 Å². The Bertz CT molecular complexity index is 1460. The largest absolute Gasteiger partial charge is 0.508 e. The van der Waals surface area contributed by atoms with Crippen LogP contribution in [0.25, 0.3) is 28.2 Å². The van der Waals surface area contributed by atoms with Crippen LogP contribution in [-0.2, 0) is 6.42 Å². The molecule has 5 rings (SSSR count). The number of hydrogen-bond acceptors (Lipinski definition) is 6. The molecule has 0 fully saturated rings. The summed E-state index contributed by atoms with van der Waals surface area (Å²) in [7, 11) is 0. The maximum atomic E-state index is 11.9. The van der Waals surface area contributed by atoms with E-state index in [4.69, 9.17) is 9.97 Å². The van der Waals surface area contributed by atoms with Gasteiger partial charge in [-0.1, -0.05) is 48.5 Å². The first kappa shape index (κ1) is 21.3. The lowest BCUT2D eigenvalue weighted by Gasteiger charge is -2.11. The van der Waals surface area contributed by atoms with Crippen molar-refractivity contribution in [1.82, 2.24) is 19.5 Å². The molecule has 0 amide bonds. The molecule has 168 valence electrons. The lowest BCUT2D eigenvalue weighted by molar-refractivity contribution is 0.101. The van der Waals surface area contributed by atoms with Crippen LogP contribution in [-0.4, -0.2) is 37.0 Å². The lowest BCUT2D eigenvalue weighted by Crippen LogP contribution is -2.08. The average molecular weight is 450 g/mol. The Kier molecular flexibility index (Phi) is 5.74. The topological polar surface area (TPSA) is 92.9 Å². The molecular weight excluding hydrogens is 426 g/mol. The van der Waals surface area contributed by atoms with Gasteiger partial charge in [-0.2, -0.15) is 0 Å². The number of fused-ring (bicyclic) bond motifs is 1. The van der Waals surface area contributed by atoms with Crippen molar-refractivity contribution in [2.75, 3.05) is 11.9 Å². The Labute approximate surface area is 196 Å².